The van der Waals surface area contributed by atoms with Crippen LogP contribution in [0.4, 0.5) is 10.1 Å². The van der Waals surface area contributed by atoms with E-state index in [9.17, 15) is 14.3 Å². The van der Waals surface area contributed by atoms with Crippen molar-refractivity contribution in [1.82, 2.24) is 9.55 Å². The Bertz CT molecular complexity index is 671. The number of aliphatic hydroxyl groups excluding tert-OH is 1. The molecule has 1 aliphatic heterocycles. The first-order chi connectivity index (χ1) is 9.06. The summed E-state index contributed by atoms with van der Waals surface area (Å²) in [4.78, 5) is 15.8. The molecule has 1 unspecified atom stereocenters. The van der Waals surface area contributed by atoms with Gasteiger partial charge in [0.1, 0.15) is 5.82 Å². The van der Waals surface area contributed by atoms with Gasteiger partial charge in [0.25, 0.3) is 5.91 Å². The lowest BCUT2D eigenvalue weighted by atomic mass is 10.1. The molecule has 3 rings (SSSR count). The largest absolute Gasteiger partial charge is 0.378 e. The van der Waals surface area contributed by atoms with E-state index in [1.54, 1.807) is 17.0 Å². The molecular formula is C12H10FN3O2S. The molecule has 19 heavy (non-hydrogen) atoms. The highest BCUT2D eigenvalue weighted by molar-refractivity contribution is 7.99. The SMILES string of the molecule is Cn1ccnc1Sc1cc2c(cc1F)C(O)C(=O)N2. The number of aryl methyl sites for hydroxylation is 1. The number of amides is 1. The highest BCUT2D eigenvalue weighted by Crippen LogP contribution is 2.37. The van der Waals surface area contributed by atoms with Gasteiger partial charge in [-0.1, -0.05) is 0 Å². The van der Waals surface area contributed by atoms with Gasteiger partial charge in [0.15, 0.2) is 11.3 Å². The maximum absolute atomic E-state index is 14.0. The lowest BCUT2D eigenvalue weighted by molar-refractivity contribution is -0.123. The average Bonchev–Trinajstić information content (AvgIpc) is 2.88. The molecule has 2 heterocycles. The molecule has 1 aromatic heterocycles. The molecule has 1 amide bonds. The number of fused-ring (bicyclic) bond motifs is 1. The maximum atomic E-state index is 14.0. The van der Waals surface area contributed by atoms with Gasteiger partial charge in [-0.25, -0.2) is 9.37 Å². The summed E-state index contributed by atoms with van der Waals surface area (Å²) in [6, 6.07) is 2.70. The Labute approximate surface area is 112 Å². The molecule has 1 aliphatic rings. The number of imidazole rings is 1. The summed E-state index contributed by atoms with van der Waals surface area (Å²) in [6.07, 6.45) is 2.09. The summed E-state index contributed by atoms with van der Waals surface area (Å²) in [5.41, 5.74) is 0.710. The normalized spacial score (nSPS) is 17.4. The number of anilines is 1. The first-order valence-electron chi connectivity index (χ1n) is 5.54. The number of benzene rings is 1. The van der Waals surface area contributed by atoms with Crippen LogP contribution in [-0.4, -0.2) is 20.6 Å². The summed E-state index contributed by atoms with van der Waals surface area (Å²) < 4.78 is 15.7. The number of nitrogens with one attached hydrogen (secondary N) is 1. The molecule has 0 bridgehead atoms. The van der Waals surface area contributed by atoms with Crippen LogP contribution in [0.2, 0.25) is 0 Å². The Morgan fingerprint density at radius 1 is 1.53 bits per heavy atom. The van der Waals surface area contributed by atoms with Gasteiger partial charge in [-0.15, -0.1) is 0 Å². The molecule has 5 nitrogen and oxygen atoms in total. The predicted molar refractivity (Wildman–Crippen MR) is 67.3 cm³/mol. The minimum absolute atomic E-state index is 0.270. The second kappa shape index (κ2) is 4.36. The Morgan fingerprint density at radius 2 is 2.32 bits per heavy atom. The van der Waals surface area contributed by atoms with E-state index in [0.717, 1.165) is 11.8 Å². The smallest absolute Gasteiger partial charge is 0.257 e. The van der Waals surface area contributed by atoms with Crippen LogP contribution < -0.4 is 5.32 Å². The first kappa shape index (κ1) is 12.2. The van der Waals surface area contributed by atoms with Crippen molar-refractivity contribution < 1.29 is 14.3 Å². The van der Waals surface area contributed by atoms with Crippen molar-refractivity contribution in [1.29, 1.82) is 0 Å². The van der Waals surface area contributed by atoms with Gasteiger partial charge in [0, 0.05) is 30.7 Å². The van der Waals surface area contributed by atoms with Gasteiger partial charge in [-0.2, -0.15) is 0 Å². The average molecular weight is 279 g/mol. The van der Waals surface area contributed by atoms with Crippen LogP contribution in [-0.2, 0) is 11.8 Å². The molecule has 0 aliphatic carbocycles. The van der Waals surface area contributed by atoms with E-state index in [-0.39, 0.29) is 5.56 Å². The molecule has 0 saturated heterocycles. The van der Waals surface area contributed by atoms with Crippen molar-refractivity contribution >= 4 is 23.4 Å². The summed E-state index contributed by atoms with van der Waals surface area (Å²) >= 11 is 1.16. The number of hydrogen-bond acceptors (Lipinski definition) is 4. The summed E-state index contributed by atoms with van der Waals surface area (Å²) in [7, 11) is 1.81. The van der Waals surface area contributed by atoms with Crippen LogP contribution in [0.1, 0.15) is 11.7 Å². The number of carbonyl (C=O) groups excluding carboxylic acids is 1. The number of carbonyl (C=O) groups is 1. The Kier molecular flexibility index (Phi) is 2.79. The summed E-state index contributed by atoms with van der Waals surface area (Å²) in [6.45, 7) is 0. The molecule has 2 N–H and O–H groups in total. The van der Waals surface area contributed by atoms with E-state index in [4.69, 9.17) is 0 Å². The lowest BCUT2D eigenvalue weighted by Crippen LogP contribution is -2.10. The zero-order valence-corrected chi connectivity index (χ0v) is 10.7. The number of nitrogens with zero attached hydrogens (tertiary/aromatic N) is 2. The molecule has 0 spiro atoms. The minimum atomic E-state index is -1.29. The molecule has 0 radical (unpaired) electrons. The third-order valence-electron chi connectivity index (χ3n) is 2.88. The van der Waals surface area contributed by atoms with Crippen LogP contribution in [0, 0.1) is 5.82 Å². The maximum Gasteiger partial charge on any atom is 0.257 e. The summed E-state index contributed by atoms with van der Waals surface area (Å²) in [5.74, 6) is -1.02. The van der Waals surface area contributed by atoms with E-state index in [2.05, 4.69) is 10.3 Å². The lowest BCUT2D eigenvalue weighted by Gasteiger charge is -2.06. The molecule has 1 aromatic carbocycles. The Morgan fingerprint density at radius 3 is 3.00 bits per heavy atom. The molecule has 7 heteroatoms. The van der Waals surface area contributed by atoms with Gasteiger partial charge in [-0.3, -0.25) is 4.79 Å². The fourth-order valence-electron chi connectivity index (χ4n) is 1.87. The molecule has 2 aromatic rings. The number of halogens is 1. The standard InChI is InChI=1S/C12H10FN3O2S/c1-16-3-2-14-12(16)19-9-5-8-6(4-7(9)13)10(17)11(18)15-8/h2-5,10,17H,1H3,(H,15,18). The third kappa shape index (κ3) is 2.00. The van der Waals surface area contributed by atoms with Crippen molar-refractivity contribution in [3.8, 4) is 0 Å². The monoisotopic (exact) mass is 279 g/mol. The fraction of sp³-hybridized carbons (Fsp3) is 0.167. The zero-order chi connectivity index (χ0) is 13.6. The highest BCUT2D eigenvalue weighted by Gasteiger charge is 2.30. The molecule has 1 atom stereocenters. The molecule has 0 fully saturated rings. The van der Waals surface area contributed by atoms with Gasteiger partial charge < -0.3 is 15.0 Å². The van der Waals surface area contributed by atoms with Crippen molar-refractivity contribution in [3.05, 3.63) is 35.9 Å². The first-order valence-corrected chi connectivity index (χ1v) is 6.35. The predicted octanol–water partition coefficient (Wildman–Crippen LogP) is 1.70. The van der Waals surface area contributed by atoms with Crippen LogP contribution in [0.5, 0.6) is 0 Å². The van der Waals surface area contributed by atoms with Gasteiger partial charge in [0.05, 0.1) is 4.90 Å². The van der Waals surface area contributed by atoms with Gasteiger partial charge in [0.2, 0.25) is 0 Å². The third-order valence-corrected chi connectivity index (χ3v) is 3.99. The van der Waals surface area contributed by atoms with Crippen LogP contribution in [0.3, 0.4) is 0 Å². The quantitative estimate of drug-likeness (QED) is 0.878. The van der Waals surface area contributed by atoms with Gasteiger partial charge >= 0.3 is 0 Å². The zero-order valence-electron chi connectivity index (χ0n) is 9.92. The fourth-order valence-corrected chi connectivity index (χ4v) is 2.72. The number of hydrogen-bond donors (Lipinski definition) is 2. The topological polar surface area (TPSA) is 67.1 Å². The highest BCUT2D eigenvalue weighted by atomic mass is 32.2. The van der Waals surface area contributed by atoms with E-state index in [0.29, 0.717) is 15.7 Å². The van der Waals surface area contributed by atoms with E-state index < -0.39 is 17.8 Å². The van der Waals surface area contributed by atoms with Crippen LogP contribution >= 0.6 is 11.8 Å². The van der Waals surface area contributed by atoms with Gasteiger partial charge in [-0.05, 0) is 23.9 Å². The Hall–Kier alpha value is -1.86. The molecular weight excluding hydrogens is 269 g/mol. The van der Waals surface area contributed by atoms with E-state index in [1.165, 1.54) is 12.1 Å². The van der Waals surface area contributed by atoms with Crippen molar-refractivity contribution in [3.63, 3.8) is 0 Å². The second-order valence-electron chi connectivity index (χ2n) is 4.18. The van der Waals surface area contributed by atoms with E-state index in [1.807, 2.05) is 7.05 Å². The van der Waals surface area contributed by atoms with Crippen molar-refractivity contribution in [2.75, 3.05) is 5.32 Å². The number of aliphatic hydroxyl groups is 1. The number of aromatic nitrogens is 2. The second-order valence-corrected chi connectivity index (χ2v) is 5.19. The number of rotatable bonds is 2. The van der Waals surface area contributed by atoms with Crippen molar-refractivity contribution in [2.24, 2.45) is 7.05 Å². The molecule has 0 saturated carbocycles. The minimum Gasteiger partial charge on any atom is -0.378 e. The molecule has 98 valence electrons. The summed E-state index contributed by atoms with van der Waals surface area (Å²) in [5, 5.41) is 12.7. The van der Waals surface area contributed by atoms with Crippen molar-refractivity contribution in [2.45, 2.75) is 16.2 Å². The Balaban J connectivity index is 1.99. The van der Waals surface area contributed by atoms with Crippen LogP contribution in [0.15, 0.2) is 34.6 Å². The van der Waals surface area contributed by atoms with Crippen LogP contribution in [0.25, 0.3) is 0 Å². The van der Waals surface area contributed by atoms with E-state index >= 15 is 0 Å².